The van der Waals surface area contributed by atoms with Crippen LogP contribution in [-0.2, 0) is 0 Å². The summed E-state index contributed by atoms with van der Waals surface area (Å²) in [6.07, 6.45) is 0. The Balaban J connectivity index is 2.27. The molecular weight excluding hydrogens is 255 g/mol. The summed E-state index contributed by atoms with van der Waals surface area (Å²) in [5, 5.41) is 9.90. The fourth-order valence-electron chi connectivity index (χ4n) is 1.16. The number of halogens is 4. The van der Waals surface area contributed by atoms with E-state index in [2.05, 4.69) is 15.5 Å². The van der Waals surface area contributed by atoms with Gasteiger partial charge in [-0.15, -0.1) is 10.2 Å². The minimum atomic E-state index is -1.52. The average Bonchev–Trinajstić information content (AvgIpc) is 2.29. The Morgan fingerprint density at radius 2 is 1.65 bits per heavy atom. The van der Waals surface area contributed by atoms with Crippen molar-refractivity contribution in [1.29, 1.82) is 0 Å². The predicted molar refractivity (Wildman–Crippen MR) is 56.6 cm³/mol. The quantitative estimate of drug-likeness (QED) is 0.841. The molecule has 0 aliphatic carbocycles. The van der Waals surface area contributed by atoms with Crippen molar-refractivity contribution < 1.29 is 13.2 Å². The third-order valence-electron chi connectivity index (χ3n) is 1.89. The van der Waals surface area contributed by atoms with E-state index >= 15 is 0 Å². The van der Waals surface area contributed by atoms with Gasteiger partial charge in [0, 0.05) is 17.8 Å². The molecule has 1 heterocycles. The number of nitrogens with zero attached hydrogens (tertiary/aromatic N) is 2. The van der Waals surface area contributed by atoms with E-state index in [1.165, 1.54) is 12.1 Å². The lowest BCUT2D eigenvalue weighted by Gasteiger charge is -2.05. The van der Waals surface area contributed by atoms with Crippen molar-refractivity contribution in [1.82, 2.24) is 10.2 Å². The molecule has 7 heteroatoms. The minimum Gasteiger partial charge on any atom is -0.339 e. The van der Waals surface area contributed by atoms with Crippen LogP contribution >= 0.6 is 11.6 Å². The number of anilines is 2. The molecule has 0 atom stereocenters. The maximum absolute atomic E-state index is 12.9. The summed E-state index contributed by atoms with van der Waals surface area (Å²) < 4.78 is 38.5. The molecule has 0 aliphatic rings. The van der Waals surface area contributed by atoms with Crippen molar-refractivity contribution in [2.45, 2.75) is 0 Å². The second kappa shape index (κ2) is 4.58. The molecule has 2 aromatic rings. The van der Waals surface area contributed by atoms with Crippen LogP contribution in [0.5, 0.6) is 0 Å². The molecule has 0 aliphatic heterocycles. The number of benzene rings is 1. The summed E-state index contributed by atoms with van der Waals surface area (Å²) in [5.41, 5.74) is 0.0259. The van der Waals surface area contributed by atoms with Gasteiger partial charge < -0.3 is 5.32 Å². The van der Waals surface area contributed by atoms with Crippen molar-refractivity contribution in [3.8, 4) is 0 Å². The highest BCUT2D eigenvalue weighted by Crippen LogP contribution is 2.20. The summed E-state index contributed by atoms with van der Waals surface area (Å²) >= 11 is 5.51. The zero-order valence-electron chi connectivity index (χ0n) is 8.22. The molecule has 0 spiro atoms. The van der Waals surface area contributed by atoms with Crippen LogP contribution in [-0.4, -0.2) is 10.2 Å². The molecule has 17 heavy (non-hydrogen) atoms. The van der Waals surface area contributed by atoms with Crippen LogP contribution in [0.3, 0.4) is 0 Å². The van der Waals surface area contributed by atoms with Crippen molar-refractivity contribution >= 4 is 23.1 Å². The number of aromatic nitrogens is 2. The molecule has 0 saturated carbocycles. The first-order valence-electron chi connectivity index (χ1n) is 4.47. The normalized spacial score (nSPS) is 10.4. The first-order valence-corrected chi connectivity index (χ1v) is 4.85. The Kier molecular flexibility index (Phi) is 3.14. The maximum Gasteiger partial charge on any atom is 0.194 e. The van der Waals surface area contributed by atoms with E-state index in [-0.39, 0.29) is 16.7 Å². The van der Waals surface area contributed by atoms with E-state index in [4.69, 9.17) is 11.6 Å². The summed E-state index contributed by atoms with van der Waals surface area (Å²) in [6.45, 7) is 0. The third-order valence-corrected chi connectivity index (χ3v) is 2.09. The maximum atomic E-state index is 12.9. The molecule has 1 aromatic carbocycles. The fraction of sp³-hybridized carbons (Fsp3) is 0. The molecule has 0 saturated heterocycles. The van der Waals surface area contributed by atoms with Crippen molar-refractivity contribution in [2.75, 3.05) is 5.32 Å². The molecule has 0 amide bonds. The molecular formula is C10H5ClF3N3. The third kappa shape index (κ3) is 2.65. The second-order valence-electron chi connectivity index (χ2n) is 3.12. The smallest absolute Gasteiger partial charge is 0.194 e. The highest BCUT2D eigenvalue weighted by atomic mass is 35.5. The first-order chi connectivity index (χ1) is 8.06. The van der Waals surface area contributed by atoms with Gasteiger partial charge in [-0.1, -0.05) is 11.6 Å². The van der Waals surface area contributed by atoms with Gasteiger partial charge in [0.25, 0.3) is 0 Å². The van der Waals surface area contributed by atoms with Crippen LogP contribution in [0.1, 0.15) is 0 Å². The predicted octanol–water partition coefficient (Wildman–Crippen LogP) is 3.29. The molecule has 2 rings (SSSR count). The lowest BCUT2D eigenvalue weighted by atomic mass is 10.3. The van der Waals surface area contributed by atoms with E-state index in [9.17, 15) is 13.2 Å². The van der Waals surface area contributed by atoms with Crippen LogP contribution in [0.15, 0.2) is 24.3 Å². The Hall–Kier alpha value is -1.82. The zero-order valence-corrected chi connectivity index (χ0v) is 8.97. The topological polar surface area (TPSA) is 37.8 Å². The number of hydrogen-bond acceptors (Lipinski definition) is 3. The highest BCUT2D eigenvalue weighted by molar-refractivity contribution is 6.29. The van der Waals surface area contributed by atoms with Gasteiger partial charge in [-0.3, -0.25) is 0 Å². The standard InChI is InChI=1S/C10H5ClF3N3/c11-8-1-2-9(17-16-8)15-5-3-6(12)10(14)7(13)4-5/h1-4H,(H,15,17). The summed E-state index contributed by atoms with van der Waals surface area (Å²) in [4.78, 5) is 0. The van der Waals surface area contributed by atoms with Gasteiger partial charge in [0.05, 0.1) is 0 Å². The fourth-order valence-corrected chi connectivity index (χ4v) is 1.26. The van der Waals surface area contributed by atoms with Crippen LogP contribution in [0.2, 0.25) is 5.15 Å². The van der Waals surface area contributed by atoms with E-state index < -0.39 is 17.5 Å². The Bertz CT molecular complexity index is 522. The molecule has 1 N–H and O–H groups in total. The Morgan fingerprint density at radius 1 is 1.00 bits per heavy atom. The molecule has 1 aromatic heterocycles. The number of nitrogens with one attached hydrogen (secondary N) is 1. The average molecular weight is 260 g/mol. The van der Waals surface area contributed by atoms with Crippen LogP contribution < -0.4 is 5.32 Å². The largest absolute Gasteiger partial charge is 0.339 e. The van der Waals surface area contributed by atoms with Crippen molar-refractivity contribution in [3.63, 3.8) is 0 Å². The molecule has 88 valence electrons. The van der Waals surface area contributed by atoms with Gasteiger partial charge in [0.15, 0.2) is 28.4 Å². The highest BCUT2D eigenvalue weighted by Gasteiger charge is 2.10. The SMILES string of the molecule is Fc1cc(Nc2ccc(Cl)nn2)cc(F)c1F. The van der Waals surface area contributed by atoms with Gasteiger partial charge in [-0.25, -0.2) is 13.2 Å². The van der Waals surface area contributed by atoms with E-state index in [0.717, 1.165) is 12.1 Å². The van der Waals surface area contributed by atoms with Crippen molar-refractivity contribution in [3.05, 3.63) is 46.9 Å². The number of rotatable bonds is 2. The number of hydrogen-bond donors (Lipinski definition) is 1. The molecule has 0 fully saturated rings. The Labute approximate surface area is 99.2 Å². The lowest BCUT2D eigenvalue weighted by molar-refractivity contribution is 0.448. The van der Waals surface area contributed by atoms with Gasteiger partial charge in [0.1, 0.15) is 0 Å². The molecule has 0 unspecified atom stereocenters. The van der Waals surface area contributed by atoms with E-state index in [0.29, 0.717) is 0 Å². The lowest BCUT2D eigenvalue weighted by Crippen LogP contribution is -1.98. The van der Waals surface area contributed by atoms with E-state index in [1.807, 2.05) is 0 Å². The van der Waals surface area contributed by atoms with Gasteiger partial charge in [-0.2, -0.15) is 0 Å². The molecule has 0 bridgehead atoms. The van der Waals surface area contributed by atoms with E-state index in [1.54, 1.807) is 0 Å². The monoisotopic (exact) mass is 259 g/mol. The van der Waals surface area contributed by atoms with Crippen LogP contribution in [0.4, 0.5) is 24.7 Å². The summed E-state index contributed by atoms with van der Waals surface area (Å²) in [6, 6.07) is 4.55. The summed E-state index contributed by atoms with van der Waals surface area (Å²) in [5.74, 6) is -3.85. The van der Waals surface area contributed by atoms with Crippen LogP contribution in [0.25, 0.3) is 0 Å². The molecule has 3 nitrogen and oxygen atoms in total. The second-order valence-corrected chi connectivity index (χ2v) is 3.51. The zero-order chi connectivity index (χ0) is 12.4. The van der Waals surface area contributed by atoms with Gasteiger partial charge in [-0.05, 0) is 12.1 Å². The van der Waals surface area contributed by atoms with Crippen molar-refractivity contribution in [2.24, 2.45) is 0 Å². The van der Waals surface area contributed by atoms with Gasteiger partial charge >= 0.3 is 0 Å². The molecule has 0 radical (unpaired) electrons. The Morgan fingerprint density at radius 3 is 2.18 bits per heavy atom. The first kappa shape index (κ1) is 11.7. The summed E-state index contributed by atoms with van der Waals surface area (Å²) in [7, 11) is 0. The minimum absolute atomic E-state index is 0.0259. The van der Waals surface area contributed by atoms with Crippen LogP contribution in [0, 0.1) is 17.5 Å². The van der Waals surface area contributed by atoms with Gasteiger partial charge in [0.2, 0.25) is 0 Å².